The lowest BCUT2D eigenvalue weighted by molar-refractivity contribution is -0.132. The number of carbonyl (C=O) groups is 1. The lowest BCUT2D eigenvalue weighted by Gasteiger charge is -2.22. The predicted octanol–water partition coefficient (Wildman–Crippen LogP) is 3.89. The first kappa shape index (κ1) is 17.7. The Hall–Kier alpha value is -1.65. The lowest BCUT2D eigenvalue weighted by atomic mass is 10.0. The van der Waals surface area contributed by atoms with Crippen LogP contribution in [0, 0.1) is 13.8 Å². The second-order valence-corrected chi connectivity index (χ2v) is 6.09. The van der Waals surface area contributed by atoms with Crippen molar-refractivity contribution in [3.63, 3.8) is 0 Å². The van der Waals surface area contributed by atoms with Crippen molar-refractivity contribution in [3.8, 4) is 0 Å². The zero-order valence-electron chi connectivity index (χ0n) is 14.1. The van der Waals surface area contributed by atoms with Gasteiger partial charge in [0.05, 0.1) is 12.1 Å². The van der Waals surface area contributed by atoms with E-state index >= 15 is 0 Å². The first-order valence-corrected chi connectivity index (χ1v) is 8.17. The summed E-state index contributed by atoms with van der Waals surface area (Å²) in [5.41, 5.74) is 4.15. The monoisotopic (exact) mass is 334 g/mol. The van der Waals surface area contributed by atoms with E-state index in [9.17, 15) is 4.79 Å². The van der Waals surface area contributed by atoms with Gasteiger partial charge in [-0.05, 0) is 43.2 Å². The van der Waals surface area contributed by atoms with Crippen LogP contribution in [0.3, 0.4) is 0 Å². The van der Waals surface area contributed by atoms with Gasteiger partial charge in [0.2, 0.25) is 5.91 Å². The van der Waals surface area contributed by atoms with Crippen molar-refractivity contribution in [2.45, 2.75) is 33.7 Å². The summed E-state index contributed by atoms with van der Waals surface area (Å²) in [6, 6.07) is 6.18. The lowest BCUT2D eigenvalue weighted by Crippen LogP contribution is -2.33. The molecule has 0 aliphatic carbocycles. The van der Waals surface area contributed by atoms with Gasteiger partial charge in [-0.25, -0.2) is 4.98 Å². The normalized spacial score (nSPS) is 11.0. The molecule has 0 saturated carbocycles. The molecule has 0 fully saturated rings. The van der Waals surface area contributed by atoms with Crippen molar-refractivity contribution in [2.75, 3.05) is 20.3 Å². The van der Waals surface area contributed by atoms with Gasteiger partial charge in [0.1, 0.15) is 5.15 Å². The number of hydrogen-bond acceptors (Lipinski definition) is 3. The highest BCUT2D eigenvalue weighted by molar-refractivity contribution is 6.30. The highest BCUT2D eigenvalue weighted by Gasteiger charge is 2.15. The fourth-order valence-electron chi connectivity index (χ4n) is 2.49. The van der Waals surface area contributed by atoms with Gasteiger partial charge >= 0.3 is 0 Å². The SMILES string of the molecule is CCC(=O)N(CCOC)Cc1cc2cc(C)c(C)cc2nc1Cl. The largest absolute Gasteiger partial charge is 0.383 e. The van der Waals surface area contributed by atoms with Gasteiger partial charge < -0.3 is 9.64 Å². The van der Waals surface area contributed by atoms with E-state index in [1.807, 2.05) is 19.1 Å². The van der Waals surface area contributed by atoms with Gasteiger partial charge in [-0.3, -0.25) is 4.79 Å². The summed E-state index contributed by atoms with van der Waals surface area (Å²) in [6.07, 6.45) is 0.459. The maximum Gasteiger partial charge on any atom is 0.222 e. The Balaban J connectivity index is 2.35. The minimum Gasteiger partial charge on any atom is -0.383 e. The van der Waals surface area contributed by atoms with Crippen LogP contribution in [0.15, 0.2) is 18.2 Å². The number of methoxy groups -OCH3 is 1. The Bertz CT molecular complexity index is 716. The molecule has 2 aromatic rings. The van der Waals surface area contributed by atoms with Crippen LogP contribution in [0.2, 0.25) is 5.15 Å². The molecule has 0 bridgehead atoms. The molecule has 2 rings (SSSR count). The maximum absolute atomic E-state index is 12.1. The van der Waals surface area contributed by atoms with Crippen LogP contribution in [0.25, 0.3) is 10.9 Å². The molecule has 124 valence electrons. The summed E-state index contributed by atoms with van der Waals surface area (Å²) in [4.78, 5) is 18.4. The van der Waals surface area contributed by atoms with Crippen LogP contribution in [-0.4, -0.2) is 36.1 Å². The molecule has 0 spiro atoms. The molecule has 4 nitrogen and oxygen atoms in total. The summed E-state index contributed by atoms with van der Waals surface area (Å²) in [7, 11) is 1.63. The molecule has 1 aromatic carbocycles. The first-order valence-electron chi connectivity index (χ1n) is 7.79. The van der Waals surface area contributed by atoms with Gasteiger partial charge in [0.15, 0.2) is 0 Å². The highest BCUT2D eigenvalue weighted by Crippen LogP contribution is 2.24. The summed E-state index contributed by atoms with van der Waals surface area (Å²) in [5, 5.41) is 1.50. The van der Waals surface area contributed by atoms with Gasteiger partial charge in [0.25, 0.3) is 0 Å². The van der Waals surface area contributed by atoms with Gasteiger partial charge in [0, 0.05) is 37.6 Å². The molecule has 1 amide bonds. The van der Waals surface area contributed by atoms with Crippen LogP contribution in [0.5, 0.6) is 0 Å². The van der Waals surface area contributed by atoms with Gasteiger partial charge in [-0.1, -0.05) is 18.5 Å². The van der Waals surface area contributed by atoms with E-state index in [0.717, 1.165) is 16.5 Å². The molecule has 1 aromatic heterocycles. The molecule has 0 unspecified atom stereocenters. The van der Waals surface area contributed by atoms with Gasteiger partial charge in [-0.2, -0.15) is 0 Å². The molecule has 0 atom stereocenters. The third kappa shape index (κ3) is 4.21. The molecule has 0 radical (unpaired) electrons. The number of carbonyl (C=O) groups excluding carboxylic acids is 1. The van der Waals surface area contributed by atoms with Crippen LogP contribution < -0.4 is 0 Å². The van der Waals surface area contributed by atoms with Crippen LogP contribution in [0.4, 0.5) is 0 Å². The predicted molar refractivity (Wildman–Crippen MR) is 93.8 cm³/mol. The zero-order chi connectivity index (χ0) is 17.0. The number of nitrogens with zero attached hydrogens (tertiary/aromatic N) is 2. The fraction of sp³-hybridized carbons (Fsp3) is 0.444. The molecule has 0 saturated heterocycles. The number of fused-ring (bicyclic) bond motifs is 1. The summed E-state index contributed by atoms with van der Waals surface area (Å²) < 4.78 is 5.09. The fourth-order valence-corrected chi connectivity index (χ4v) is 2.70. The number of hydrogen-bond donors (Lipinski definition) is 0. The number of rotatable bonds is 6. The minimum atomic E-state index is 0.0818. The van der Waals surface area contributed by atoms with E-state index in [1.54, 1.807) is 12.0 Å². The summed E-state index contributed by atoms with van der Waals surface area (Å²) in [6.45, 7) is 7.49. The third-order valence-electron chi connectivity index (χ3n) is 4.04. The number of aryl methyl sites for hydroxylation is 2. The van der Waals surface area contributed by atoms with Crippen molar-refractivity contribution in [3.05, 3.63) is 40.0 Å². The van der Waals surface area contributed by atoms with E-state index in [1.165, 1.54) is 11.1 Å². The highest BCUT2D eigenvalue weighted by atomic mass is 35.5. The van der Waals surface area contributed by atoms with Crippen molar-refractivity contribution in [1.29, 1.82) is 0 Å². The average Bonchev–Trinajstić information content (AvgIpc) is 2.53. The smallest absolute Gasteiger partial charge is 0.222 e. The van der Waals surface area contributed by atoms with E-state index in [-0.39, 0.29) is 5.91 Å². The van der Waals surface area contributed by atoms with E-state index < -0.39 is 0 Å². The minimum absolute atomic E-state index is 0.0818. The van der Waals surface area contributed by atoms with Crippen LogP contribution in [0.1, 0.15) is 30.0 Å². The molecule has 0 aliphatic heterocycles. The summed E-state index contributed by atoms with van der Waals surface area (Å²) in [5.74, 6) is 0.0818. The van der Waals surface area contributed by atoms with Crippen molar-refractivity contribution >= 4 is 28.4 Å². The topological polar surface area (TPSA) is 42.4 Å². The quantitative estimate of drug-likeness (QED) is 0.753. The second kappa shape index (κ2) is 7.75. The van der Waals surface area contributed by atoms with Crippen LogP contribution in [-0.2, 0) is 16.1 Å². The number of amides is 1. The Kier molecular flexibility index (Phi) is 5.97. The molecule has 23 heavy (non-hydrogen) atoms. The average molecular weight is 335 g/mol. The molecular formula is C18H23ClN2O2. The molecule has 1 heterocycles. The maximum atomic E-state index is 12.1. The Morgan fingerprint density at radius 2 is 1.96 bits per heavy atom. The van der Waals surface area contributed by atoms with E-state index in [0.29, 0.717) is 31.3 Å². The van der Waals surface area contributed by atoms with Crippen LogP contribution >= 0.6 is 11.6 Å². The molecule has 0 aliphatic rings. The van der Waals surface area contributed by atoms with Crippen molar-refractivity contribution < 1.29 is 9.53 Å². The van der Waals surface area contributed by atoms with Gasteiger partial charge in [-0.15, -0.1) is 0 Å². The second-order valence-electron chi connectivity index (χ2n) is 5.73. The van der Waals surface area contributed by atoms with Crippen molar-refractivity contribution in [1.82, 2.24) is 9.88 Å². The molecular weight excluding hydrogens is 312 g/mol. The number of benzene rings is 1. The molecule has 5 heteroatoms. The third-order valence-corrected chi connectivity index (χ3v) is 4.37. The zero-order valence-corrected chi connectivity index (χ0v) is 14.9. The number of halogens is 1. The van der Waals surface area contributed by atoms with Crippen molar-refractivity contribution in [2.24, 2.45) is 0 Å². The molecule has 0 N–H and O–H groups in total. The Morgan fingerprint density at radius 3 is 2.61 bits per heavy atom. The Labute approximate surface area is 142 Å². The standard InChI is InChI=1S/C18H23ClN2O2/c1-5-17(22)21(6-7-23-4)11-15-10-14-8-12(2)13(3)9-16(14)20-18(15)19/h8-10H,5-7,11H2,1-4H3. The first-order chi connectivity index (χ1) is 11.0. The van der Waals surface area contributed by atoms with E-state index in [4.69, 9.17) is 16.3 Å². The van der Waals surface area contributed by atoms with E-state index in [2.05, 4.69) is 24.9 Å². The number of aromatic nitrogens is 1. The Morgan fingerprint density at radius 1 is 1.26 bits per heavy atom. The number of ether oxygens (including phenoxy) is 1. The summed E-state index contributed by atoms with van der Waals surface area (Å²) >= 11 is 6.34. The number of pyridine rings is 1.